The second-order valence-electron chi connectivity index (χ2n) is 11.6. The van der Waals surface area contributed by atoms with Crippen LogP contribution in [0.15, 0.2) is 102 Å². The molecule has 0 fully saturated rings. The Morgan fingerprint density at radius 1 is 0.739 bits per heavy atom. The molecule has 0 radical (unpaired) electrons. The highest BCUT2D eigenvalue weighted by Crippen LogP contribution is 2.31. The summed E-state index contributed by atoms with van der Waals surface area (Å²) in [5.41, 5.74) is 0.908. The Kier molecular flexibility index (Phi) is 11.7. The number of nitrogens with zero attached hydrogens (tertiary/aromatic N) is 2. The largest absolute Gasteiger partial charge is 0.350 e. The second-order valence-corrected chi connectivity index (χ2v) is 15.1. The third-order valence-corrected chi connectivity index (χ3v) is 10.2. The van der Waals surface area contributed by atoms with Gasteiger partial charge in [-0.2, -0.15) is 0 Å². The summed E-state index contributed by atoms with van der Waals surface area (Å²) >= 11 is 25.0. The van der Waals surface area contributed by atoms with Crippen LogP contribution in [0.4, 0.5) is 5.69 Å². The van der Waals surface area contributed by atoms with Crippen LogP contribution in [0.2, 0.25) is 20.1 Å². The molecule has 0 aromatic heterocycles. The zero-order valence-corrected chi connectivity index (χ0v) is 29.2. The molecule has 0 saturated heterocycles. The lowest BCUT2D eigenvalue weighted by Gasteiger charge is -2.35. The van der Waals surface area contributed by atoms with E-state index in [1.54, 1.807) is 36.4 Å². The van der Waals surface area contributed by atoms with Crippen molar-refractivity contribution in [3.05, 3.63) is 128 Å². The van der Waals surface area contributed by atoms with Crippen LogP contribution >= 0.6 is 46.4 Å². The van der Waals surface area contributed by atoms with Gasteiger partial charge in [-0.3, -0.25) is 13.9 Å². The van der Waals surface area contributed by atoms with Crippen molar-refractivity contribution in [2.45, 2.75) is 50.2 Å². The molecule has 0 aliphatic heterocycles. The summed E-state index contributed by atoms with van der Waals surface area (Å²) < 4.78 is 29.1. The molecule has 0 saturated carbocycles. The van der Waals surface area contributed by atoms with Crippen LogP contribution in [-0.4, -0.2) is 43.3 Å². The maximum atomic E-state index is 14.5. The van der Waals surface area contributed by atoms with Gasteiger partial charge in [0.25, 0.3) is 10.0 Å². The van der Waals surface area contributed by atoms with E-state index in [0.29, 0.717) is 10.6 Å². The van der Waals surface area contributed by atoms with E-state index in [1.807, 2.05) is 51.1 Å². The molecule has 12 heteroatoms. The first-order valence-corrected chi connectivity index (χ1v) is 17.2. The summed E-state index contributed by atoms with van der Waals surface area (Å²) in [5, 5.41) is 3.92. The fourth-order valence-corrected chi connectivity index (χ4v) is 6.77. The summed E-state index contributed by atoms with van der Waals surface area (Å²) in [6, 6.07) is 25.2. The maximum absolute atomic E-state index is 14.5. The third kappa shape index (κ3) is 9.17. The first-order valence-electron chi connectivity index (χ1n) is 14.3. The number of halogens is 4. The smallest absolute Gasteiger partial charge is 0.264 e. The van der Waals surface area contributed by atoms with Gasteiger partial charge in [0.05, 0.1) is 30.7 Å². The molecule has 2 amide bonds. The fraction of sp³-hybridized carbons (Fsp3) is 0.235. The summed E-state index contributed by atoms with van der Waals surface area (Å²) in [6.45, 7) is 4.81. The summed E-state index contributed by atoms with van der Waals surface area (Å²) in [5.74, 6) is -1.04. The average molecular weight is 722 g/mol. The van der Waals surface area contributed by atoms with Crippen LogP contribution < -0.4 is 9.62 Å². The Labute approximate surface area is 290 Å². The monoisotopic (exact) mass is 719 g/mol. The molecule has 242 valence electrons. The van der Waals surface area contributed by atoms with Crippen molar-refractivity contribution in [2.75, 3.05) is 10.8 Å². The van der Waals surface area contributed by atoms with Crippen LogP contribution in [-0.2, 0) is 32.6 Å². The Balaban J connectivity index is 1.84. The highest BCUT2D eigenvalue weighted by Gasteiger charge is 2.35. The lowest BCUT2D eigenvalue weighted by Crippen LogP contribution is -2.56. The van der Waals surface area contributed by atoms with Gasteiger partial charge in [0.15, 0.2) is 0 Å². The Bertz CT molecular complexity index is 1800. The zero-order valence-electron chi connectivity index (χ0n) is 25.4. The normalized spacial score (nSPS) is 12.3. The van der Waals surface area contributed by atoms with Crippen molar-refractivity contribution in [3.8, 4) is 0 Å². The van der Waals surface area contributed by atoms with E-state index in [0.717, 1.165) is 9.87 Å². The molecule has 7 nitrogen and oxygen atoms in total. The van der Waals surface area contributed by atoms with Crippen LogP contribution in [0.5, 0.6) is 0 Å². The number of carbonyl (C=O) groups is 2. The van der Waals surface area contributed by atoms with Gasteiger partial charge in [-0.15, -0.1) is 0 Å². The number of nitrogens with one attached hydrogen (secondary N) is 1. The first kappa shape index (κ1) is 35.6. The minimum absolute atomic E-state index is 0.0313. The summed E-state index contributed by atoms with van der Waals surface area (Å²) in [6.07, 6.45) is 0.161. The number of rotatable bonds is 11. The van der Waals surface area contributed by atoms with Gasteiger partial charge in [0.1, 0.15) is 12.6 Å². The van der Waals surface area contributed by atoms with E-state index in [4.69, 9.17) is 46.4 Å². The fourth-order valence-electron chi connectivity index (χ4n) is 4.73. The molecule has 0 spiro atoms. The highest BCUT2D eigenvalue weighted by molar-refractivity contribution is 7.92. The molecule has 4 rings (SSSR count). The van der Waals surface area contributed by atoms with Gasteiger partial charge in [0, 0.05) is 18.5 Å². The molecule has 46 heavy (non-hydrogen) atoms. The molecule has 1 N–H and O–H groups in total. The van der Waals surface area contributed by atoms with Crippen LogP contribution in [0, 0.1) is 0 Å². The number of carbonyl (C=O) groups excluding carboxylic acids is 2. The lowest BCUT2D eigenvalue weighted by atomic mass is 10.0. The standard InChI is InChI=1S/C34H33Cl4N3O4S/c1-34(2,3)39-33(43)31(19-23-10-6-4-7-11-23)40(21-24-14-16-27(35)29(37)18-24)32(42)22-41(25-15-17-28(36)30(38)20-25)46(44,45)26-12-8-5-9-13-26/h4-18,20,31H,19,21-22H2,1-3H3,(H,39,43)/t31-/m0/s1. The Morgan fingerprint density at radius 2 is 1.30 bits per heavy atom. The number of sulfonamides is 1. The first-order chi connectivity index (χ1) is 21.7. The quantitative estimate of drug-likeness (QED) is 0.170. The van der Waals surface area contributed by atoms with Crippen molar-refractivity contribution >= 4 is 73.9 Å². The maximum Gasteiger partial charge on any atom is 0.264 e. The summed E-state index contributed by atoms with van der Waals surface area (Å²) in [4.78, 5) is 29.8. The van der Waals surface area contributed by atoms with E-state index in [-0.39, 0.29) is 38.6 Å². The molecule has 4 aromatic rings. The Hall–Kier alpha value is -3.27. The molecule has 0 unspecified atom stereocenters. The number of hydrogen-bond donors (Lipinski definition) is 1. The predicted octanol–water partition coefficient (Wildman–Crippen LogP) is 8.05. The van der Waals surface area contributed by atoms with Crippen LogP contribution in [0.25, 0.3) is 0 Å². The molecular formula is C34H33Cl4N3O4S. The van der Waals surface area contributed by atoms with Gasteiger partial charge < -0.3 is 10.2 Å². The third-order valence-electron chi connectivity index (χ3n) is 6.91. The molecule has 0 aliphatic carbocycles. The van der Waals surface area contributed by atoms with E-state index in [2.05, 4.69) is 5.32 Å². The van der Waals surface area contributed by atoms with Gasteiger partial charge in [-0.05, 0) is 74.4 Å². The van der Waals surface area contributed by atoms with E-state index < -0.39 is 40.0 Å². The van der Waals surface area contributed by atoms with Gasteiger partial charge >= 0.3 is 0 Å². The number of hydrogen-bond acceptors (Lipinski definition) is 4. The number of amides is 2. The van der Waals surface area contributed by atoms with E-state index in [9.17, 15) is 18.0 Å². The van der Waals surface area contributed by atoms with Gasteiger partial charge in [-0.1, -0.05) is 101 Å². The molecule has 0 bridgehead atoms. The summed E-state index contributed by atoms with van der Waals surface area (Å²) in [7, 11) is -4.29. The van der Waals surface area contributed by atoms with E-state index >= 15 is 0 Å². The highest BCUT2D eigenvalue weighted by atomic mass is 35.5. The number of anilines is 1. The Morgan fingerprint density at radius 3 is 1.87 bits per heavy atom. The molecule has 1 atom stereocenters. The number of benzene rings is 4. The van der Waals surface area contributed by atoms with Crippen molar-refractivity contribution < 1.29 is 18.0 Å². The topological polar surface area (TPSA) is 86.8 Å². The molecule has 0 heterocycles. The van der Waals surface area contributed by atoms with Crippen molar-refractivity contribution in [3.63, 3.8) is 0 Å². The lowest BCUT2D eigenvalue weighted by molar-refractivity contribution is -0.140. The van der Waals surface area contributed by atoms with E-state index in [1.165, 1.54) is 35.2 Å². The SMILES string of the molecule is CC(C)(C)NC(=O)[C@H](Cc1ccccc1)N(Cc1ccc(Cl)c(Cl)c1)C(=O)CN(c1ccc(Cl)c(Cl)c1)S(=O)(=O)c1ccccc1. The minimum atomic E-state index is -4.29. The molecular weight excluding hydrogens is 688 g/mol. The minimum Gasteiger partial charge on any atom is -0.350 e. The van der Waals surface area contributed by atoms with Crippen molar-refractivity contribution in [2.24, 2.45) is 0 Å². The average Bonchev–Trinajstić information content (AvgIpc) is 3.00. The van der Waals surface area contributed by atoms with Crippen LogP contribution in [0.3, 0.4) is 0 Å². The second kappa shape index (κ2) is 15.1. The molecule has 0 aliphatic rings. The molecule has 4 aromatic carbocycles. The van der Waals surface area contributed by atoms with Crippen molar-refractivity contribution in [1.29, 1.82) is 0 Å². The van der Waals surface area contributed by atoms with Gasteiger partial charge in [-0.25, -0.2) is 8.42 Å². The van der Waals surface area contributed by atoms with Gasteiger partial charge in [0.2, 0.25) is 11.8 Å². The zero-order chi connectivity index (χ0) is 33.6. The van der Waals surface area contributed by atoms with Crippen molar-refractivity contribution in [1.82, 2.24) is 10.2 Å². The predicted molar refractivity (Wildman–Crippen MR) is 186 cm³/mol. The van der Waals surface area contributed by atoms with Crippen LogP contribution in [0.1, 0.15) is 31.9 Å².